The van der Waals surface area contributed by atoms with Crippen LogP contribution in [0, 0.1) is 11.8 Å². The van der Waals surface area contributed by atoms with E-state index in [1.54, 1.807) is 6.92 Å². The molecule has 1 rings (SSSR count). The third-order valence-electron chi connectivity index (χ3n) is 3.57. The summed E-state index contributed by atoms with van der Waals surface area (Å²) in [6.07, 6.45) is 1.56. The van der Waals surface area contributed by atoms with Gasteiger partial charge in [-0.05, 0) is 23.4 Å². The van der Waals surface area contributed by atoms with E-state index in [1.807, 2.05) is 26.8 Å². The fourth-order valence-electron chi connectivity index (χ4n) is 2.47. The first-order chi connectivity index (χ1) is 10.9. The van der Waals surface area contributed by atoms with Crippen molar-refractivity contribution >= 4 is 43.9 Å². The summed E-state index contributed by atoms with van der Waals surface area (Å²) in [5.74, 6) is -0.677. The minimum atomic E-state index is -0.368. The SMILES string of the molecule is [3H][B]SO[C@H]1[C@@H](C)[C@H](C[C@@H](C=C(C)C)OS[B][3H])OC(=O)[C@@H]1C. The van der Waals surface area contributed by atoms with Gasteiger partial charge in [-0.25, -0.2) is 0 Å². The number of hydrogen-bond donors (Lipinski definition) is 0. The third-order valence-corrected chi connectivity index (χ3v) is 4.26. The van der Waals surface area contributed by atoms with E-state index in [9.17, 15) is 4.79 Å². The van der Waals surface area contributed by atoms with E-state index in [0.29, 0.717) is 6.42 Å². The average molecular weight is 332 g/mol. The number of carbonyl (C=O) groups excluding carboxylic acids is 1. The predicted molar refractivity (Wildman–Crippen MR) is 91.5 cm³/mol. The monoisotopic (exact) mass is 332 g/mol. The first-order valence-electron chi connectivity index (χ1n) is 7.96. The Morgan fingerprint density at radius 2 is 2.19 bits per heavy atom. The Morgan fingerprint density at radius 1 is 1.48 bits per heavy atom. The lowest BCUT2D eigenvalue weighted by Gasteiger charge is -2.39. The largest absolute Gasteiger partial charge is 0.462 e. The molecule has 8 heteroatoms. The standard InChI is InChI=1S/C13H22B2O4S2/c1-7(2)5-10(18-20-14)6-11-8(3)12(19-21-15)9(4)13(16)17-11/h5,8-12,14-15H,6H2,1-4H3/t8-,9+,10+,11-,12-/m0/s1/i14T,15T. The highest BCUT2D eigenvalue weighted by molar-refractivity contribution is 8.16. The highest BCUT2D eigenvalue weighted by atomic mass is 32.2. The molecular formula is C13H22B2O4S2. The lowest BCUT2D eigenvalue weighted by Crippen LogP contribution is -2.48. The van der Waals surface area contributed by atoms with Crippen molar-refractivity contribution in [3.05, 3.63) is 11.6 Å². The summed E-state index contributed by atoms with van der Waals surface area (Å²) in [7, 11) is 2.22. The summed E-state index contributed by atoms with van der Waals surface area (Å²) in [4.78, 5) is 12.1. The van der Waals surface area contributed by atoms with E-state index in [1.165, 1.54) is 0 Å². The molecule has 0 amide bonds. The molecule has 116 valence electrons. The second-order valence-corrected chi connectivity index (χ2v) is 6.26. The summed E-state index contributed by atoms with van der Waals surface area (Å²) in [5, 5.41) is 0. The molecule has 4 nitrogen and oxygen atoms in total. The van der Waals surface area contributed by atoms with Crippen molar-refractivity contribution in [1.29, 1.82) is 2.67 Å². The molecule has 0 N–H and O–H groups in total. The minimum absolute atomic E-state index is 0.0169. The Kier molecular flexibility index (Phi) is 6.92. The smallest absolute Gasteiger partial charge is 0.311 e. The van der Waals surface area contributed by atoms with E-state index in [-0.39, 0.29) is 36.1 Å². The number of cyclic esters (lactones) is 1. The van der Waals surface area contributed by atoms with E-state index >= 15 is 0 Å². The zero-order valence-electron chi connectivity index (χ0n) is 14.8. The van der Waals surface area contributed by atoms with Crippen molar-refractivity contribution in [3.8, 4) is 0 Å². The van der Waals surface area contributed by atoms with Crippen molar-refractivity contribution < 1.29 is 17.9 Å². The van der Waals surface area contributed by atoms with E-state index in [0.717, 1.165) is 43.5 Å². The molecular weight excluding hydrogens is 306 g/mol. The molecule has 0 unspecified atom stereocenters. The zero-order valence-corrected chi connectivity index (χ0v) is 14.4. The van der Waals surface area contributed by atoms with Gasteiger partial charge in [-0.3, -0.25) is 4.79 Å². The van der Waals surface area contributed by atoms with Crippen molar-refractivity contribution in [3.63, 3.8) is 0 Å². The molecule has 0 aromatic heterocycles. The van der Waals surface area contributed by atoms with Gasteiger partial charge in [0.15, 0.2) is 0 Å². The predicted octanol–water partition coefficient (Wildman–Crippen LogP) is 2.24. The topological polar surface area (TPSA) is 44.8 Å². The fourth-order valence-corrected chi connectivity index (χ4v) is 3.22. The van der Waals surface area contributed by atoms with E-state index in [2.05, 4.69) is 0 Å². The maximum absolute atomic E-state index is 12.1. The molecule has 0 aliphatic carbocycles. The van der Waals surface area contributed by atoms with Crippen LogP contribution < -0.4 is 0 Å². The lowest BCUT2D eigenvalue weighted by molar-refractivity contribution is -0.175. The summed E-state index contributed by atoms with van der Waals surface area (Å²) in [5.41, 5.74) is 1.09. The first kappa shape index (κ1) is 15.8. The third kappa shape index (κ3) is 5.58. The van der Waals surface area contributed by atoms with Gasteiger partial charge in [-0.2, -0.15) is 0 Å². The quantitative estimate of drug-likeness (QED) is 0.279. The molecule has 1 aliphatic heterocycles. The molecule has 0 spiro atoms. The maximum atomic E-state index is 12.1. The van der Waals surface area contributed by atoms with Crippen molar-refractivity contribution in [2.45, 2.75) is 52.4 Å². The lowest BCUT2D eigenvalue weighted by atomic mass is 9.84. The van der Waals surface area contributed by atoms with Crippen LogP contribution in [0.5, 0.6) is 0 Å². The highest BCUT2D eigenvalue weighted by Crippen LogP contribution is 2.33. The maximum Gasteiger partial charge on any atom is 0.311 e. The summed E-state index contributed by atoms with van der Waals surface area (Å²) >= 11 is 1.88. The Balaban J connectivity index is 2.78. The van der Waals surface area contributed by atoms with Crippen LogP contribution >= 0.6 is 23.8 Å². The molecule has 0 saturated carbocycles. The van der Waals surface area contributed by atoms with Gasteiger partial charge < -0.3 is 13.1 Å². The Labute approximate surface area is 140 Å². The molecule has 21 heavy (non-hydrogen) atoms. The molecule has 5 atom stereocenters. The van der Waals surface area contributed by atoms with Crippen LogP contribution in [0.3, 0.4) is 0 Å². The van der Waals surface area contributed by atoms with E-state index < -0.39 is 0 Å². The second kappa shape index (κ2) is 9.18. The van der Waals surface area contributed by atoms with Gasteiger partial charge in [-0.1, -0.05) is 42.4 Å². The Morgan fingerprint density at radius 3 is 2.81 bits per heavy atom. The van der Waals surface area contributed by atoms with Gasteiger partial charge in [-0.15, -0.1) is 0 Å². The van der Waals surface area contributed by atoms with Crippen LogP contribution in [-0.2, 0) is 17.9 Å². The Hall–Kier alpha value is -0.0401. The van der Waals surface area contributed by atoms with E-state index in [4.69, 9.17) is 15.8 Å². The van der Waals surface area contributed by atoms with Gasteiger partial charge in [0.1, 0.15) is 6.10 Å². The fraction of sp³-hybridized carbons (Fsp3) is 0.769. The van der Waals surface area contributed by atoms with Gasteiger partial charge in [0, 0.05) is 12.3 Å². The van der Waals surface area contributed by atoms with Crippen molar-refractivity contribution in [2.75, 3.05) is 0 Å². The Bertz CT molecular complexity index is 413. The molecule has 1 fully saturated rings. The van der Waals surface area contributed by atoms with Crippen LogP contribution in [0.2, 0.25) is 0 Å². The average Bonchev–Trinajstić information content (AvgIpc) is 2.49. The number of rotatable bonds is 9. The number of esters is 1. The molecule has 1 heterocycles. The second-order valence-electron chi connectivity index (χ2n) is 5.49. The molecule has 0 aromatic carbocycles. The van der Waals surface area contributed by atoms with Gasteiger partial charge >= 0.3 is 5.97 Å². The number of ether oxygens (including phenoxy) is 1. The van der Waals surface area contributed by atoms with Crippen molar-refractivity contribution in [2.24, 2.45) is 11.8 Å². The zero-order chi connectivity index (χ0) is 17.4. The first-order valence-corrected chi connectivity index (χ1v) is 8.41. The van der Waals surface area contributed by atoms with Crippen molar-refractivity contribution in [1.82, 2.24) is 0 Å². The molecule has 2 radical (unpaired) electrons. The van der Waals surface area contributed by atoms with Crippen LogP contribution in [0.4, 0.5) is 0 Å². The normalized spacial score (nSPS) is 31.5. The van der Waals surface area contributed by atoms with Gasteiger partial charge in [0.25, 0.3) is 0 Å². The van der Waals surface area contributed by atoms with Crippen LogP contribution in [-0.4, -0.2) is 41.1 Å². The summed E-state index contributed by atoms with van der Waals surface area (Å²) in [6, 6.07) is 0. The minimum Gasteiger partial charge on any atom is -0.462 e. The molecule has 0 aromatic rings. The van der Waals surface area contributed by atoms with Crippen LogP contribution in [0.15, 0.2) is 11.6 Å². The van der Waals surface area contributed by atoms with Crippen LogP contribution in [0.25, 0.3) is 0 Å². The number of hydrogen-bond acceptors (Lipinski definition) is 6. The summed E-state index contributed by atoms with van der Waals surface area (Å²) in [6.45, 7) is 7.69. The van der Waals surface area contributed by atoms with Gasteiger partial charge in [0.05, 0.1) is 18.1 Å². The van der Waals surface area contributed by atoms with Crippen LogP contribution in [0.1, 0.15) is 34.1 Å². The molecule has 1 aliphatic rings. The number of allylic oxidation sites excluding steroid dienone is 1. The highest BCUT2D eigenvalue weighted by Gasteiger charge is 2.43. The molecule has 0 bridgehead atoms. The number of carbonyl (C=O) groups is 1. The summed E-state index contributed by atoms with van der Waals surface area (Å²) < 4.78 is 30.8. The van der Waals surface area contributed by atoms with Gasteiger partial charge in [0.2, 0.25) is 14.2 Å². The molecule has 1 saturated heterocycles.